The average molecular weight is 488 g/mol. The van der Waals surface area contributed by atoms with Crippen LogP contribution >= 0.6 is 0 Å². The third-order valence-corrected chi connectivity index (χ3v) is 7.08. The molecule has 0 bridgehead atoms. The zero-order chi connectivity index (χ0) is 26.0. The van der Waals surface area contributed by atoms with Crippen LogP contribution < -0.4 is 10.7 Å². The van der Waals surface area contributed by atoms with E-state index in [1.807, 2.05) is 19.1 Å². The molecular weight excluding hydrogens is 454 g/mol. The van der Waals surface area contributed by atoms with E-state index >= 15 is 0 Å². The number of esters is 1. The van der Waals surface area contributed by atoms with Crippen LogP contribution in [0.3, 0.4) is 0 Å². The summed E-state index contributed by atoms with van der Waals surface area (Å²) >= 11 is 0. The van der Waals surface area contributed by atoms with Crippen LogP contribution in [-0.4, -0.2) is 32.6 Å². The third-order valence-electron chi connectivity index (χ3n) is 7.08. The van der Waals surface area contributed by atoms with Crippen LogP contribution in [0.15, 0.2) is 24.3 Å². The summed E-state index contributed by atoms with van der Waals surface area (Å²) in [4.78, 5) is 28.9. The second kappa shape index (κ2) is 10.5. The zero-order valence-corrected chi connectivity index (χ0v) is 21.4. The summed E-state index contributed by atoms with van der Waals surface area (Å²) in [6, 6.07) is 7.23. The predicted molar refractivity (Wildman–Crippen MR) is 140 cm³/mol. The Hall–Kier alpha value is -3.73. The number of hydrogen-bond donors (Lipinski definition) is 1. The Labute approximate surface area is 211 Å². The van der Waals surface area contributed by atoms with Gasteiger partial charge in [-0.15, -0.1) is 10.2 Å². The molecule has 1 aliphatic carbocycles. The lowest BCUT2D eigenvalue weighted by molar-refractivity contribution is -0.116. The number of unbranched alkanes of at least 4 members (excludes halogenated alkanes) is 1. The molecule has 1 saturated carbocycles. The number of hydrogen-bond acceptors (Lipinski definition) is 5. The molecule has 1 N–H and O–H groups in total. The number of rotatable bonds is 7. The lowest BCUT2D eigenvalue weighted by atomic mass is 9.75. The Morgan fingerprint density at radius 3 is 2.44 bits per heavy atom. The van der Waals surface area contributed by atoms with Crippen LogP contribution in [0.4, 0.5) is 11.4 Å². The molecule has 1 aliphatic rings. The number of nitrogens with zero attached hydrogens (tertiary/aromatic N) is 4. The highest BCUT2D eigenvalue weighted by Gasteiger charge is 2.35. The minimum Gasteiger partial charge on any atom is -0.459 e. The molecule has 8 heteroatoms. The van der Waals surface area contributed by atoms with Gasteiger partial charge in [-0.2, -0.15) is 0 Å². The van der Waals surface area contributed by atoms with Crippen molar-refractivity contribution >= 4 is 35.5 Å². The summed E-state index contributed by atoms with van der Waals surface area (Å²) in [5.74, 6) is 0.997. The van der Waals surface area contributed by atoms with Gasteiger partial charge >= 0.3 is 5.97 Å². The average Bonchev–Trinajstić information content (AvgIpc) is 3.39. The maximum Gasteiger partial charge on any atom is 0.330 e. The number of nitrogens with one attached hydrogen (secondary N) is 1. The standard InChI is InChI=1S/C28H33N5O3/c1-7-8-9-22(34)30-21-12-10-20(11-13-21)26-31-32-27-24(29-6)23(19(5)33(26)27)28(35)36-25-17(3)14-16(2)15-18(25)4/h10-13,16-18,25H,5,7-9,14-15H2,1-4H3,(H,30,34). The summed E-state index contributed by atoms with van der Waals surface area (Å²) in [6.45, 7) is 20.3. The Kier molecular flexibility index (Phi) is 7.39. The topological polar surface area (TPSA) is 90.0 Å². The molecular formula is C28H33N5O3. The van der Waals surface area contributed by atoms with E-state index in [0.29, 0.717) is 29.2 Å². The van der Waals surface area contributed by atoms with Crippen molar-refractivity contribution in [3.63, 3.8) is 0 Å². The number of carbonyl (C=O) groups excluding carboxylic acids is 2. The second-order valence-corrected chi connectivity index (χ2v) is 10.1. The van der Waals surface area contributed by atoms with Gasteiger partial charge in [-0.3, -0.25) is 9.20 Å². The molecule has 0 aliphatic heterocycles. The van der Waals surface area contributed by atoms with Gasteiger partial charge in [-0.05, 0) is 61.3 Å². The van der Waals surface area contributed by atoms with Gasteiger partial charge in [0.05, 0.1) is 12.1 Å². The Balaban J connectivity index is 1.63. The highest BCUT2D eigenvalue weighted by atomic mass is 16.5. The maximum atomic E-state index is 13.3. The zero-order valence-electron chi connectivity index (χ0n) is 21.4. The molecule has 188 valence electrons. The van der Waals surface area contributed by atoms with E-state index < -0.39 is 5.97 Å². The van der Waals surface area contributed by atoms with Crippen LogP contribution in [0.1, 0.15) is 70.2 Å². The van der Waals surface area contributed by atoms with Gasteiger partial charge < -0.3 is 10.1 Å². The first-order valence-corrected chi connectivity index (χ1v) is 12.6. The Morgan fingerprint density at radius 1 is 1.17 bits per heavy atom. The molecule has 2 atom stereocenters. The van der Waals surface area contributed by atoms with E-state index in [9.17, 15) is 9.59 Å². The van der Waals surface area contributed by atoms with Crippen molar-refractivity contribution in [2.75, 3.05) is 5.32 Å². The minimum absolute atomic E-state index is 0.0218. The molecule has 8 nitrogen and oxygen atoms in total. The van der Waals surface area contributed by atoms with Crippen LogP contribution in [0, 0.1) is 24.3 Å². The highest BCUT2D eigenvalue weighted by molar-refractivity contribution is 6.01. The first-order valence-electron chi connectivity index (χ1n) is 12.6. The van der Waals surface area contributed by atoms with Crippen molar-refractivity contribution in [3.8, 4) is 11.4 Å². The van der Waals surface area contributed by atoms with Crippen LogP contribution in [0.25, 0.3) is 28.5 Å². The highest BCUT2D eigenvalue weighted by Crippen LogP contribution is 2.36. The smallest absolute Gasteiger partial charge is 0.330 e. The van der Waals surface area contributed by atoms with E-state index in [1.54, 1.807) is 16.5 Å². The van der Waals surface area contributed by atoms with Gasteiger partial charge in [0.2, 0.25) is 11.6 Å². The number of amides is 1. The lowest BCUT2D eigenvalue weighted by Crippen LogP contribution is -2.38. The van der Waals surface area contributed by atoms with Gasteiger partial charge in [0.1, 0.15) is 6.10 Å². The minimum atomic E-state index is -0.536. The fourth-order valence-electron chi connectivity index (χ4n) is 5.43. The number of ether oxygens (including phenoxy) is 1. The van der Waals surface area contributed by atoms with Crippen LogP contribution in [-0.2, 0) is 9.53 Å². The van der Waals surface area contributed by atoms with Crippen molar-refractivity contribution in [1.29, 1.82) is 0 Å². The molecule has 36 heavy (non-hydrogen) atoms. The molecule has 0 radical (unpaired) electrons. The SMILES string of the molecule is [C-]#[N+]c1c(C(=O)OC2C(C)CC(C)CC2C)c(=C)n2c(-c3ccc(NC(=O)CCCC)cc3)nnc12. The molecule has 4 rings (SSSR count). The van der Waals surface area contributed by atoms with Gasteiger partial charge in [0.25, 0.3) is 0 Å². The summed E-state index contributed by atoms with van der Waals surface area (Å²) in [5.41, 5.74) is 1.95. The lowest BCUT2D eigenvalue weighted by Gasteiger charge is -2.37. The van der Waals surface area contributed by atoms with E-state index in [0.717, 1.165) is 31.2 Å². The fourth-order valence-corrected chi connectivity index (χ4v) is 5.43. The molecule has 1 aromatic carbocycles. The first-order chi connectivity index (χ1) is 17.2. The second-order valence-electron chi connectivity index (χ2n) is 10.1. The van der Waals surface area contributed by atoms with Crippen molar-refractivity contribution < 1.29 is 14.3 Å². The van der Waals surface area contributed by atoms with E-state index in [1.165, 1.54) is 0 Å². The van der Waals surface area contributed by atoms with Crippen LogP contribution in [0.5, 0.6) is 0 Å². The van der Waals surface area contributed by atoms with E-state index in [2.05, 4.69) is 47.7 Å². The number of benzene rings is 1. The summed E-state index contributed by atoms with van der Waals surface area (Å²) in [5, 5.41) is 11.7. The molecule has 2 heterocycles. The summed E-state index contributed by atoms with van der Waals surface area (Å²) < 4.78 is 7.61. The van der Waals surface area contributed by atoms with Gasteiger partial charge in [-0.1, -0.05) is 40.7 Å². The van der Waals surface area contributed by atoms with Gasteiger partial charge in [0, 0.05) is 23.0 Å². The number of aromatic nitrogens is 3. The quantitative estimate of drug-likeness (QED) is 0.354. The van der Waals surface area contributed by atoms with Gasteiger partial charge in [-0.25, -0.2) is 9.64 Å². The van der Waals surface area contributed by atoms with E-state index in [-0.39, 0.29) is 40.7 Å². The van der Waals surface area contributed by atoms with Crippen molar-refractivity contribution in [2.24, 2.45) is 17.8 Å². The maximum absolute atomic E-state index is 13.3. The summed E-state index contributed by atoms with van der Waals surface area (Å²) in [7, 11) is 0. The van der Waals surface area contributed by atoms with Crippen molar-refractivity contribution in [3.05, 3.63) is 46.6 Å². The largest absolute Gasteiger partial charge is 0.459 e. The normalized spacial score (nSPS) is 21.8. The number of carbonyl (C=O) groups is 2. The Morgan fingerprint density at radius 2 is 1.83 bits per heavy atom. The predicted octanol–water partition coefficient (Wildman–Crippen LogP) is 5.43. The number of anilines is 1. The Bertz CT molecular complexity index is 1340. The monoisotopic (exact) mass is 487 g/mol. The molecule has 1 fully saturated rings. The van der Waals surface area contributed by atoms with E-state index in [4.69, 9.17) is 11.3 Å². The molecule has 0 spiro atoms. The van der Waals surface area contributed by atoms with Gasteiger partial charge in [0.15, 0.2) is 11.5 Å². The summed E-state index contributed by atoms with van der Waals surface area (Å²) in [6.07, 6.45) is 4.09. The molecule has 0 saturated heterocycles. The third kappa shape index (κ3) is 4.83. The van der Waals surface area contributed by atoms with Crippen LogP contribution in [0.2, 0.25) is 0 Å². The first kappa shape index (κ1) is 25.4. The molecule has 1 amide bonds. The number of fused-ring (bicyclic) bond motifs is 1. The fraction of sp³-hybridized carbons (Fsp3) is 0.464. The van der Waals surface area contributed by atoms with Crippen molar-refractivity contribution in [2.45, 2.75) is 65.9 Å². The molecule has 3 aromatic rings. The van der Waals surface area contributed by atoms with Crippen molar-refractivity contribution in [1.82, 2.24) is 14.6 Å². The molecule has 2 aromatic heterocycles. The molecule has 2 unspecified atom stereocenters.